The molecule has 0 atom stereocenters. The molecular weight excluding hydrogens is 387 g/mol. The zero-order valence-corrected chi connectivity index (χ0v) is 14.7. The summed E-state index contributed by atoms with van der Waals surface area (Å²) >= 11 is 3.14. The molecule has 8 heteroatoms. The van der Waals surface area contributed by atoms with Crippen LogP contribution < -0.4 is 5.43 Å². The molecule has 0 aliphatic heterocycles. The van der Waals surface area contributed by atoms with Gasteiger partial charge in [-0.25, -0.2) is 9.82 Å². The molecule has 0 fully saturated rings. The first-order valence-electron chi connectivity index (χ1n) is 7.45. The number of hydrogen-bond acceptors (Lipinski definition) is 5. The summed E-state index contributed by atoms with van der Waals surface area (Å²) in [5.41, 5.74) is 5.99. The van der Waals surface area contributed by atoms with E-state index in [-0.39, 0.29) is 11.8 Å². The lowest BCUT2D eigenvalue weighted by molar-refractivity contribution is 0.621. The molecule has 0 spiro atoms. The van der Waals surface area contributed by atoms with E-state index in [4.69, 9.17) is 0 Å². The van der Waals surface area contributed by atoms with Gasteiger partial charge in [-0.3, -0.25) is 0 Å². The SMILES string of the molecule is Cn1c2ccccc2c2nnc(NN=Cc3ccc(F)c(Br)c3)nc21. The van der Waals surface area contributed by atoms with Crippen molar-refractivity contribution >= 4 is 50.2 Å². The summed E-state index contributed by atoms with van der Waals surface area (Å²) in [6.07, 6.45) is 1.55. The Hall–Kier alpha value is -2.87. The van der Waals surface area contributed by atoms with Crippen LogP contribution in [0, 0.1) is 5.82 Å². The van der Waals surface area contributed by atoms with E-state index in [1.807, 2.05) is 35.9 Å². The molecule has 4 aromatic rings. The Bertz CT molecular complexity index is 1120. The average molecular weight is 399 g/mol. The third kappa shape index (κ3) is 2.85. The topological polar surface area (TPSA) is 68.0 Å². The molecule has 0 saturated heterocycles. The Morgan fingerprint density at radius 2 is 2.04 bits per heavy atom. The van der Waals surface area contributed by atoms with E-state index in [9.17, 15) is 4.39 Å². The number of hydrazone groups is 1. The van der Waals surface area contributed by atoms with E-state index in [0.29, 0.717) is 4.47 Å². The van der Waals surface area contributed by atoms with Crippen LogP contribution in [0.3, 0.4) is 0 Å². The van der Waals surface area contributed by atoms with Crippen LogP contribution in [-0.2, 0) is 7.05 Å². The molecule has 0 radical (unpaired) electrons. The fraction of sp³-hybridized carbons (Fsp3) is 0.0588. The highest BCUT2D eigenvalue weighted by Gasteiger charge is 2.11. The van der Waals surface area contributed by atoms with Crippen LogP contribution in [0.15, 0.2) is 52.0 Å². The van der Waals surface area contributed by atoms with Gasteiger partial charge in [-0.05, 0) is 39.7 Å². The fourth-order valence-corrected chi connectivity index (χ4v) is 3.01. The van der Waals surface area contributed by atoms with E-state index in [1.54, 1.807) is 18.3 Å². The minimum absolute atomic E-state index is 0.288. The lowest BCUT2D eigenvalue weighted by atomic mass is 10.2. The Morgan fingerprint density at radius 3 is 2.88 bits per heavy atom. The van der Waals surface area contributed by atoms with Crippen molar-refractivity contribution in [3.8, 4) is 0 Å². The van der Waals surface area contributed by atoms with Gasteiger partial charge in [0.05, 0.1) is 16.2 Å². The lowest BCUT2D eigenvalue weighted by Gasteiger charge is -2.00. The normalized spacial score (nSPS) is 11.6. The molecule has 2 aromatic carbocycles. The van der Waals surface area contributed by atoms with Gasteiger partial charge in [0.15, 0.2) is 5.65 Å². The summed E-state index contributed by atoms with van der Waals surface area (Å²) < 4.78 is 15.6. The number of rotatable bonds is 3. The minimum Gasteiger partial charge on any atom is -0.327 e. The summed E-state index contributed by atoms with van der Waals surface area (Å²) in [6.45, 7) is 0. The van der Waals surface area contributed by atoms with E-state index >= 15 is 0 Å². The molecule has 0 saturated carbocycles. The van der Waals surface area contributed by atoms with Gasteiger partial charge in [0.1, 0.15) is 11.3 Å². The van der Waals surface area contributed by atoms with Gasteiger partial charge in [-0.1, -0.05) is 24.3 Å². The number of aromatic nitrogens is 4. The van der Waals surface area contributed by atoms with Crippen LogP contribution in [0.1, 0.15) is 5.56 Å². The van der Waals surface area contributed by atoms with Gasteiger partial charge in [0.2, 0.25) is 0 Å². The monoisotopic (exact) mass is 398 g/mol. The van der Waals surface area contributed by atoms with Gasteiger partial charge in [0.25, 0.3) is 5.95 Å². The molecule has 4 rings (SSSR count). The lowest BCUT2D eigenvalue weighted by Crippen LogP contribution is -2.00. The van der Waals surface area contributed by atoms with Crippen molar-refractivity contribution < 1.29 is 4.39 Å². The van der Waals surface area contributed by atoms with Gasteiger partial charge in [-0.15, -0.1) is 10.2 Å². The molecule has 2 aromatic heterocycles. The smallest absolute Gasteiger partial charge is 0.265 e. The first kappa shape index (κ1) is 15.6. The van der Waals surface area contributed by atoms with Crippen molar-refractivity contribution in [2.75, 3.05) is 5.43 Å². The van der Waals surface area contributed by atoms with Gasteiger partial charge < -0.3 is 4.57 Å². The number of nitrogens with one attached hydrogen (secondary N) is 1. The molecule has 1 N–H and O–H groups in total. The van der Waals surface area contributed by atoms with Gasteiger partial charge >= 0.3 is 0 Å². The Labute approximate surface area is 150 Å². The van der Waals surface area contributed by atoms with E-state index in [0.717, 1.165) is 27.6 Å². The van der Waals surface area contributed by atoms with E-state index < -0.39 is 0 Å². The number of aryl methyl sites for hydroxylation is 1. The zero-order valence-electron chi connectivity index (χ0n) is 13.1. The van der Waals surface area contributed by atoms with Crippen LogP contribution in [0.4, 0.5) is 10.3 Å². The van der Waals surface area contributed by atoms with Crippen molar-refractivity contribution in [2.45, 2.75) is 0 Å². The van der Waals surface area contributed by atoms with Gasteiger partial charge in [-0.2, -0.15) is 10.1 Å². The average Bonchev–Trinajstić information content (AvgIpc) is 2.91. The van der Waals surface area contributed by atoms with Crippen molar-refractivity contribution in [3.05, 3.63) is 58.3 Å². The number of fused-ring (bicyclic) bond motifs is 3. The molecule has 124 valence electrons. The van der Waals surface area contributed by atoms with Crippen LogP contribution in [0.25, 0.3) is 22.1 Å². The van der Waals surface area contributed by atoms with Crippen molar-refractivity contribution in [1.82, 2.24) is 19.7 Å². The quantitative estimate of drug-likeness (QED) is 0.420. The number of para-hydroxylation sites is 1. The second kappa shape index (κ2) is 6.21. The number of nitrogens with zero attached hydrogens (tertiary/aromatic N) is 5. The Morgan fingerprint density at radius 1 is 1.20 bits per heavy atom. The highest BCUT2D eigenvalue weighted by Crippen LogP contribution is 2.24. The Kier molecular flexibility index (Phi) is 3.89. The fourth-order valence-electron chi connectivity index (χ4n) is 2.61. The molecule has 0 amide bonds. The maximum atomic E-state index is 13.2. The van der Waals surface area contributed by atoms with Crippen molar-refractivity contribution in [3.63, 3.8) is 0 Å². The summed E-state index contributed by atoms with van der Waals surface area (Å²) in [5.74, 6) is -0.0327. The highest BCUT2D eigenvalue weighted by atomic mass is 79.9. The minimum atomic E-state index is -0.320. The van der Waals surface area contributed by atoms with Crippen molar-refractivity contribution in [1.29, 1.82) is 0 Å². The second-order valence-corrected chi connectivity index (χ2v) is 6.28. The molecule has 0 aliphatic rings. The first-order valence-corrected chi connectivity index (χ1v) is 8.25. The predicted octanol–water partition coefficient (Wildman–Crippen LogP) is 3.86. The van der Waals surface area contributed by atoms with Gasteiger partial charge in [0, 0.05) is 12.4 Å². The molecule has 2 heterocycles. The number of halogens is 2. The third-order valence-electron chi connectivity index (χ3n) is 3.83. The van der Waals surface area contributed by atoms with E-state index in [2.05, 4.69) is 41.6 Å². The van der Waals surface area contributed by atoms with E-state index in [1.165, 1.54) is 6.07 Å². The zero-order chi connectivity index (χ0) is 17.4. The van der Waals surface area contributed by atoms with Crippen molar-refractivity contribution in [2.24, 2.45) is 12.1 Å². The summed E-state index contributed by atoms with van der Waals surface area (Å²) in [4.78, 5) is 4.47. The number of hydrogen-bond donors (Lipinski definition) is 1. The van der Waals surface area contributed by atoms with Crippen LogP contribution in [0.2, 0.25) is 0 Å². The largest absolute Gasteiger partial charge is 0.327 e. The molecule has 6 nitrogen and oxygen atoms in total. The third-order valence-corrected chi connectivity index (χ3v) is 4.44. The van der Waals surface area contributed by atoms with Crippen LogP contribution >= 0.6 is 15.9 Å². The van der Waals surface area contributed by atoms with Crippen LogP contribution in [0.5, 0.6) is 0 Å². The number of benzene rings is 2. The molecule has 0 unspecified atom stereocenters. The van der Waals surface area contributed by atoms with Crippen LogP contribution in [-0.4, -0.2) is 26.0 Å². The second-order valence-electron chi connectivity index (χ2n) is 5.43. The maximum Gasteiger partial charge on any atom is 0.265 e. The molecule has 25 heavy (non-hydrogen) atoms. The highest BCUT2D eigenvalue weighted by molar-refractivity contribution is 9.10. The summed E-state index contributed by atoms with van der Waals surface area (Å²) in [7, 11) is 1.93. The molecule has 0 aliphatic carbocycles. The Balaban J connectivity index is 1.63. The molecular formula is C17H12BrFN6. The predicted molar refractivity (Wildman–Crippen MR) is 99.1 cm³/mol. The summed E-state index contributed by atoms with van der Waals surface area (Å²) in [5, 5.41) is 13.4. The standard InChI is InChI=1S/C17H12BrFN6/c1-25-14-5-3-2-4-11(14)15-16(25)21-17(24-22-15)23-20-9-10-6-7-13(19)12(18)8-10/h2-9H,1H3,(H,21,23,24). The molecule has 0 bridgehead atoms. The first-order chi connectivity index (χ1) is 12.1. The number of anilines is 1. The maximum absolute atomic E-state index is 13.2. The summed E-state index contributed by atoms with van der Waals surface area (Å²) in [6, 6.07) is 12.6.